The van der Waals surface area contributed by atoms with Gasteiger partial charge < -0.3 is 15.3 Å². The smallest absolute Gasteiger partial charge is 0.147 e. The van der Waals surface area contributed by atoms with Crippen LogP contribution < -0.4 is 10.2 Å². The highest BCUT2D eigenvalue weighted by atomic mass is 19.1. The third kappa shape index (κ3) is 2.77. The average molecular weight is 379 g/mol. The number of halogens is 1. The number of phenolic OH excluding ortho intramolecular Hbond substituents is 1. The number of benzene rings is 1. The van der Waals surface area contributed by atoms with E-state index >= 15 is 0 Å². The molecule has 2 bridgehead atoms. The first-order valence-corrected chi connectivity index (χ1v) is 9.63. The molecule has 1 aromatic carbocycles. The fourth-order valence-corrected chi connectivity index (χ4v) is 4.51. The van der Waals surface area contributed by atoms with E-state index in [0.717, 1.165) is 24.6 Å². The third-order valence-corrected chi connectivity index (χ3v) is 6.12. The quantitative estimate of drug-likeness (QED) is 0.729. The molecule has 2 aliphatic heterocycles. The second-order valence-corrected chi connectivity index (χ2v) is 7.72. The molecular formula is C21H22FN5O. The predicted molar refractivity (Wildman–Crippen MR) is 106 cm³/mol. The number of fused-ring (bicyclic) bond motifs is 3. The van der Waals surface area contributed by atoms with E-state index in [2.05, 4.69) is 20.3 Å². The lowest BCUT2D eigenvalue weighted by Gasteiger charge is -2.38. The summed E-state index contributed by atoms with van der Waals surface area (Å²) in [6.07, 6.45) is 8.41. The lowest BCUT2D eigenvalue weighted by atomic mass is 9.96. The van der Waals surface area contributed by atoms with Gasteiger partial charge in [-0.1, -0.05) is 6.07 Å². The van der Waals surface area contributed by atoms with Crippen molar-refractivity contribution in [1.82, 2.24) is 20.3 Å². The number of nitrogens with zero attached hydrogens (tertiary/aromatic N) is 4. The van der Waals surface area contributed by atoms with Gasteiger partial charge in [0.25, 0.3) is 0 Å². The van der Waals surface area contributed by atoms with Crippen LogP contribution in [-0.2, 0) is 0 Å². The highest BCUT2D eigenvalue weighted by Gasteiger charge is 2.43. The largest absolute Gasteiger partial charge is 0.507 e. The number of anilines is 1. The molecular weight excluding hydrogens is 357 g/mol. The molecule has 0 radical (unpaired) electrons. The maximum Gasteiger partial charge on any atom is 0.147 e. The minimum Gasteiger partial charge on any atom is -0.507 e. The molecule has 2 N–H and O–H groups in total. The summed E-state index contributed by atoms with van der Waals surface area (Å²) in [6.45, 7) is 0. The lowest BCUT2D eigenvalue weighted by Crippen LogP contribution is -2.55. The first kappa shape index (κ1) is 17.3. The zero-order valence-electron chi connectivity index (χ0n) is 15.6. The van der Waals surface area contributed by atoms with Gasteiger partial charge in [0, 0.05) is 42.5 Å². The first-order valence-electron chi connectivity index (χ1n) is 9.63. The Morgan fingerprint density at radius 3 is 2.86 bits per heavy atom. The molecule has 2 aliphatic rings. The van der Waals surface area contributed by atoms with Crippen LogP contribution in [0.3, 0.4) is 0 Å². The summed E-state index contributed by atoms with van der Waals surface area (Å²) in [5.41, 5.74) is 1.17. The van der Waals surface area contributed by atoms with E-state index < -0.39 is 6.17 Å². The second-order valence-electron chi connectivity index (χ2n) is 7.72. The molecule has 0 saturated carbocycles. The molecule has 144 valence electrons. The number of pyridine rings is 1. The Kier molecular flexibility index (Phi) is 4.12. The molecule has 28 heavy (non-hydrogen) atoms. The number of alkyl halides is 1. The number of nitrogens with one attached hydrogen (secondary N) is 1. The van der Waals surface area contributed by atoms with Crippen molar-refractivity contribution in [2.45, 2.75) is 43.6 Å². The molecule has 4 heterocycles. The normalized spacial score (nSPS) is 26.5. The van der Waals surface area contributed by atoms with Crippen molar-refractivity contribution in [2.24, 2.45) is 0 Å². The number of hydrogen-bond donors (Lipinski definition) is 2. The molecule has 7 heteroatoms. The van der Waals surface area contributed by atoms with Gasteiger partial charge in [0.15, 0.2) is 0 Å². The Bertz CT molecular complexity index is 1010. The molecule has 2 unspecified atom stereocenters. The van der Waals surface area contributed by atoms with Gasteiger partial charge in [-0.2, -0.15) is 0 Å². The lowest BCUT2D eigenvalue weighted by molar-refractivity contribution is 0.176. The fourth-order valence-electron chi connectivity index (χ4n) is 4.51. The SMILES string of the molecule is CN(c1cnc(-c2ccc3ccncc3c2O)cn1)[C@@H]1CC2CCC(N2)[C@@H]1F. The summed E-state index contributed by atoms with van der Waals surface area (Å²) < 4.78 is 14.8. The van der Waals surface area contributed by atoms with Crippen LogP contribution in [-0.4, -0.2) is 51.4 Å². The standard InChI is InChI=1S/C21H22FN5O/c1-27(18-8-13-3-5-16(26-13)20(18)22)19-11-24-17(10-25-19)14-4-2-12-6-7-23-9-15(12)21(14)28/h2,4,6-7,9-11,13,16,18,20,26,28H,3,5,8H2,1H3/t13?,16?,18-,20+/m1/s1. The van der Waals surface area contributed by atoms with E-state index in [1.165, 1.54) is 0 Å². The molecule has 0 aliphatic carbocycles. The Hall–Kier alpha value is -2.80. The third-order valence-electron chi connectivity index (χ3n) is 6.12. The monoisotopic (exact) mass is 379 g/mol. The van der Waals surface area contributed by atoms with Crippen molar-refractivity contribution in [3.63, 3.8) is 0 Å². The number of aromatic hydroxyl groups is 1. The van der Waals surface area contributed by atoms with E-state index in [0.29, 0.717) is 28.5 Å². The van der Waals surface area contributed by atoms with E-state index in [-0.39, 0.29) is 17.8 Å². The highest BCUT2D eigenvalue weighted by Crippen LogP contribution is 2.35. The van der Waals surface area contributed by atoms with Gasteiger partial charge in [-0.15, -0.1) is 0 Å². The Balaban J connectivity index is 1.42. The molecule has 4 atom stereocenters. The van der Waals surface area contributed by atoms with Gasteiger partial charge in [-0.05, 0) is 36.8 Å². The summed E-state index contributed by atoms with van der Waals surface area (Å²) in [6, 6.07) is 5.74. The van der Waals surface area contributed by atoms with E-state index in [1.807, 2.05) is 30.1 Å². The van der Waals surface area contributed by atoms with Gasteiger partial charge in [-0.3, -0.25) is 9.97 Å². The molecule has 0 spiro atoms. The second kappa shape index (κ2) is 6.67. The van der Waals surface area contributed by atoms with Crippen molar-refractivity contribution < 1.29 is 9.50 Å². The number of rotatable bonds is 3. The fraction of sp³-hybridized carbons (Fsp3) is 0.381. The van der Waals surface area contributed by atoms with Gasteiger partial charge >= 0.3 is 0 Å². The maximum absolute atomic E-state index is 14.8. The molecule has 3 aromatic rings. The summed E-state index contributed by atoms with van der Waals surface area (Å²) in [5.74, 6) is 0.777. The van der Waals surface area contributed by atoms with Crippen molar-refractivity contribution in [3.05, 3.63) is 43.0 Å². The molecule has 2 saturated heterocycles. The molecule has 2 aromatic heterocycles. The van der Waals surface area contributed by atoms with Crippen molar-refractivity contribution >= 4 is 16.6 Å². The van der Waals surface area contributed by atoms with Crippen LogP contribution in [0.2, 0.25) is 0 Å². The Labute approximate surface area is 162 Å². The Morgan fingerprint density at radius 2 is 2.04 bits per heavy atom. The topological polar surface area (TPSA) is 74.2 Å². The zero-order chi connectivity index (χ0) is 19.3. The van der Waals surface area contributed by atoms with Crippen LogP contribution in [0.1, 0.15) is 19.3 Å². The molecule has 0 amide bonds. The van der Waals surface area contributed by atoms with Crippen LogP contribution in [0.4, 0.5) is 10.2 Å². The number of hydrogen-bond acceptors (Lipinski definition) is 6. The number of piperidine rings is 1. The van der Waals surface area contributed by atoms with Crippen LogP contribution in [0.25, 0.3) is 22.0 Å². The summed E-state index contributed by atoms with van der Waals surface area (Å²) in [4.78, 5) is 15.0. The minimum absolute atomic E-state index is 0.0541. The van der Waals surface area contributed by atoms with Crippen LogP contribution in [0.5, 0.6) is 5.75 Å². The summed E-state index contributed by atoms with van der Waals surface area (Å²) in [7, 11) is 1.88. The summed E-state index contributed by atoms with van der Waals surface area (Å²) in [5, 5.41) is 15.6. The number of phenols is 1. The predicted octanol–water partition coefficient (Wildman–Crippen LogP) is 3.06. The van der Waals surface area contributed by atoms with Gasteiger partial charge in [0.05, 0.1) is 24.1 Å². The zero-order valence-corrected chi connectivity index (χ0v) is 15.6. The van der Waals surface area contributed by atoms with Crippen LogP contribution in [0, 0.1) is 0 Å². The summed E-state index contributed by atoms with van der Waals surface area (Å²) >= 11 is 0. The first-order chi connectivity index (χ1) is 13.6. The number of aromatic nitrogens is 3. The Morgan fingerprint density at radius 1 is 1.14 bits per heavy atom. The van der Waals surface area contributed by atoms with Crippen molar-refractivity contribution in [2.75, 3.05) is 11.9 Å². The minimum atomic E-state index is -0.915. The van der Waals surface area contributed by atoms with Crippen molar-refractivity contribution in [3.8, 4) is 17.0 Å². The van der Waals surface area contributed by atoms with Gasteiger partial charge in [-0.25, -0.2) is 9.37 Å². The van der Waals surface area contributed by atoms with E-state index in [9.17, 15) is 9.50 Å². The molecule has 5 rings (SSSR count). The average Bonchev–Trinajstić information content (AvgIpc) is 3.14. The van der Waals surface area contributed by atoms with Gasteiger partial charge in [0.2, 0.25) is 0 Å². The van der Waals surface area contributed by atoms with Gasteiger partial charge in [0.1, 0.15) is 17.7 Å². The van der Waals surface area contributed by atoms with E-state index in [1.54, 1.807) is 24.8 Å². The van der Waals surface area contributed by atoms with Crippen LogP contribution in [0.15, 0.2) is 43.0 Å². The van der Waals surface area contributed by atoms with E-state index in [4.69, 9.17) is 0 Å². The van der Waals surface area contributed by atoms with Crippen molar-refractivity contribution in [1.29, 1.82) is 0 Å². The van der Waals surface area contributed by atoms with Crippen LogP contribution >= 0.6 is 0 Å². The molecule has 2 fully saturated rings. The maximum atomic E-state index is 14.8. The highest BCUT2D eigenvalue weighted by molar-refractivity contribution is 5.93. The molecule has 6 nitrogen and oxygen atoms in total.